The van der Waals surface area contributed by atoms with Crippen LogP contribution in [0.15, 0.2) is 0 Å². The Morgan fingerprint density at radius 3 is 2.76 bits per heavy atom. The number of rotatable bonds is 3. The Kier molecular flexibility index (Phi) is 4.70. The fourth-order valence-electron chi connectivity index (χ4n) is 2.88. The lowest BCUT2D eigenvalue weighted by atomic mass is 10.0. The van der Waals surface area contributed by atoms with Crippen molar-refractivity contribution in [2.75, 3.05) is 32.1 Å². The van der Waals surface area contributed by atoms with Gasteiger partial charge >= 0.3 is 0 Å². The van der Waals surface area contributed by atoms with Gasteiger partial charge in [0.2, 0.25) is 0 Å². The summed E-state index contributed by atoms with van der Waals surface area (Å²) in [5, 5.41) is 0. The summed E-state index contributed by atoms with van der Waals surface area (Å²) in [5.41, 5.74) is -0.0908. The van der Waals surface area contributed by atoms with Gasteiger partial charge in [0, 0.05) is 32.1 Å². The highest BCUT2D eigenvalue weighted by atomic mass is 35.5. The second-order valence-corrected chi connectivity index (χ2v) is 6.15. The van der Waals surface area contributed by atoms with Crippen molar-refractivity contribution < 1.29 is 9.47 Å². The molecule has 2 saturated heterocycles. The molecule has 0 saturated carbocycles. The van der Waals surface area contributed by atoms with E-state index in [1.165, 1.54) is 19.3 Å². The van der Waals surface area contributed by atoms with Gasteiger partial charge in [0.05, 0.1) is 17.8 Å². The Labute approximate surface area is 109 Å². The van der Waals surface area contributed by atoms with Gasteiger partial charge in [-0.3, -0.25) is 4.90 Å². The molecule has 0 aromatic rings. The maximum absolute atomic E-state index is 5.93. The largest absolute Gasteiger partial charge is 0.377 e. The van der Waals surface area contributed by atoms with E-state index >= 15 is 0 Å². The average molecular weight is 262 g/mol. The molecule has 2 aliphatic rings. The highest BCUT2D eigenvalue weighted by molar-refractivity contribution is 6.18. The van der Waals surface area contributed by atoms with Crippen molar-refractivity contribution in [2.24, 2.45) is 0 Å². The summed E-state index contributed by atoms with van der Waals surface area (Å²) >= 11 is 5.93. The molecular formula is C13H24ClNO2. The second kappa shape index (κ2) is 5.87. The maximum Gasteiger partial charge on any atom is 0.0844 e. The van der Waals surface area contributed by atoms with Crippen LogP contribution in [0.5, 0.6) is 0 Å². The molecule has 2 atom stereocenters. The topological polar surface area (TPSA) is 21.7 Å². The molecule has 4 heteroatoms. The van der Waals surface area contributed by atoms with Crippen LogP contribution in [0, 0.1) is 0 Å². The van der Waals surface area contributed by atoms with Crippen LogP contribution < -0.4 is 0 Å². The third-order valence-corrected chi connectivity index (χ3v) is 3.80. The van der Waals surface area contributed by atoms with Gasteiger partial charge in [-0.2, -0.15) is 0 Å². The minimum absolute atomic E-state index is 0.0908. The predicted octanol–water partition coefficient (Wildman–Crippen LogP) is 2.27. The standard InChI is InChI=1S/C13H24ClNO2/c1-13(2)10-15(9-12(7-14)17-13)8-11-5-3-4-6-16-11/h11-12H,3-10H2,1-2H3. The number of hydrogen-bond acceptors (Lipinski definition) is 3. The number of hydrogen-bond donors (Lipinski definition) is 0. The second-order valence-electron chi connectivity index (χ2n) is 5.84. The van der Waals surface area contributed by atoms with Crippen LogP contribution in [0.1, 0.15) is 33.1 Å². The van der Waals surface area contributed by atoms with Gasteiger partial charge in [-0.15, -0.1) is 11.6 Å². The SMILES string of the molecule is CC1(C)CN(CC2CCCCO2)CC(CCl)O1. The molecule has 0 aliphatic carbocycles. The summed E-state index contributed by atoms with van der Waals surface area (Å²) in [6, 6.07) is 0. The summed E-state index contributed by atoms with van der Waals surface area (Å²) in [6.45, 7) is 8.14. The third-order valence-electron chi connectivity index (χ3n) is 3.46. The first kappa shape index (κ1) is 13.6. The fourth-order valence-corrected chi connectivity index (χ4v) is 3.04. The van der Waals surface area contributed by atoms with Crippen LogP contribution in [0.2, 0.25) is 0 Å². The number of nitrogens with zero attached hydrogens (tertiary/aromatic N) is 1. The predicted molar refractivity (Wildman–Crippen MR) is 69.7 cm³/mol. The number of halogens is 1. The van der Waals surface area contributed by atoms with Crippen molar-refractivity contribution in [1.29, 1.82) is 0 Å². The highest BCUT2D eigenvalue weighted by Gasteiger charge is 2.34. The molecule has 0 bridgehead atoms. The summed E-state index contributed by atoms with van der Waals surface area (Å²) < 4.78 is 11.7. The zero-order chi connectivity index (χ0) is 12.3. The van der Waals surface area contributed by atoms with Crippen molar-refractivity contribution in [2.45, 2.75) is 50.9 Å². The van der Waals surface area contributed by atoms with Crippen molar-refractivity contribution in [1.82, 2.24) is 4.90 Å². The van der Waals surface area contributed by atoms with E-state index in [4.69, 9.17) is 21.1 Å². The first-order valence-corrected chi connectivity index (χ1v) is 7.20. The molecule has 3 nitrogen and oxygen atoms in total. The Hall–Kier alpha value is 0.170. The summed E-state index contributed by atoms with van der Waals surface area (Å²) in [7, 11) is 0. The summed E-state index contributed by atoms with van der Waals surface area (Å²) in [4.78, 5) is 2.45. The molecular weight excluding hydrogens is 238 g/mol. The number of morpholine rings is 1. The van der Waals surface area contributed by atoms with Crippen LogP contribution in [-0.2, 0) is 9.47 Å². The van der Waals surface area contributed by atoms with Crippen LogP contribution in [0.3, 0.4) is 0 Å². The summed E-state index contributed by atoms with van der Waals surface area (Å²) in [6.07, 6.45) is 4.29. The van der Waals surface area contributed by atoms with Gasteiger partial charge in [-0.1, -0.05) is 0 Å². The molecule has 0 spiro atoms. The van der Waals surface area contributed by atoms with Crippen molar-refractivity contribution in [3.8, 4) is 0 Å². The van der Waals surface area contributed by atoms with E-state index in [9.17, 15) is 0 Å². The highest BCUT2D eigenvalue weighted by Crippen LogP contribution is 2.23. The lowest BCUT2D eigenvalue weighted by molar-refractivity contribution is -0.137. The van der Waals surface area contributed by atoms with Crippen molar-refractivity contribution in [3.63, 3.8) is 0 Å². The molecule has 2 aliphatic heterocycles. The zero-order valence-corrected chi connectivity index (χ0v) is 11.7. The van der Waals surface area contributed by atoms with Gasteiger partial charge < -0.3 is 9.47 Å². The number of ether oxygens (including phenoxy) is 2. The fraction of sp³-hybridized carbons (Fsp3) is 1.00. The molecule has 0 N–H and O–H groups in total. The monoisotopic (exact) mass is 261 g/mol. The molecule has 2 rings (SSSR count). The lowest BCUT2D eigenvalue weighted by Gasteiger charge is -2.43. The van der Waals surface area contributed by atoms with Gasteiger partial charge in [-0.05, 0) is 33.1 Å². The summed E-state index contributed by atoms with van der Waals surface area (Å²) in [5.74, 6) is 0.575. The maximum atomic E-state index is 5.93. The normalized spacial score (nSPS) is 34.8. The number of alkyl halides is 1. The lowest BCUT2D eigenvalue weighted by Crippen LogP contribution is -2.55. The quantitative estimate of drug-likeness (QED) is 0.728. The molecule has 100 valence electrons. The molecule has 2 fully saturated rings. The minimum atomic E-state index is -0.0908. The van der Waals surface area contributed by atoms with Crippen molar-refractivity contribution in [3.05, 3.63) is 0 Å². The molecule has 0 radical (unpaired) electrons. The molecule has 0 aromatic carbocycles. The van der Waals surface area contributed by atoms with Crippen LogP contribution in [0.4, 0.5) is 0 Å². The molecule has 0 aromatic heterocycles. The Morgan fingerprint density at radius 1 is 1.29 bits per heavy atom. The van der Waals surface area contributed by atoms with Gasteiger partial charge in [0.15, 0.2) is 0 Å². The van der Waals surface area contributed by atoms with E-state index in [2.05, 4.69) is 18.7 Å². The third kappa shape index (κ3) is 4.09. The van der Waals surface area contributed by atoms with Crippen LogP contribution in [-0.4, -0.2) is 54.8 Å². The van der Waals surface area contributed by atoms with Crippen LogP contribution >= 0.6 is 11.6 Å². The Balaban J connectivity index is 1.86. The van der Waals surface area contributed by atoms with E-state index < -0.39 is 0 Å². The van der Waals surface area contributed by atoms with E-state index in [1.807, 2.05) is 0 Å². The first-order chi connectivity index (χ1) is 8.09. The van der Waals surface area contributed by atoms with E-state index in [0.717, 1.165) is 26.2 Å². The Bertz CT molecular complexity index is 242. The van der Waals surface area contributed by atoms with Gasteiger partial charge in [0.1, 0.15) is 0 Å². The molecule has 2 heterocycles. The molecule has 2 unspecified atom stereocenters. The molecule has 17 heavy (non-hydrogen) atoms. The first-order valence-electron chi connectivity index (χ1n) is 6.67. The smallest absolute Gasteiger partial charge is 0.0844 e. The average Bonchev–Trinajstić information content (AvgIpc) is 2.28. The molecule has 0 amide bonds. The van der Waals surface area contributed by atoms with E-state index in [1.54, 1.807) is 0 Å². The Morgan fingerprint density at radius 2 is 2.12 bits per heavy atom. The van der Waals surface area contributed by atoms with Crippen LogP contribution in [0.25, 0.3) is 0 Å². The van der Waals surface area contributed by atoms with Gasteiger partial charge in [0.25, 0.3) is 0 Å². The zero-order valence-electron chi connectivity index (χ0n) is 11.0. The van der Waals surface area contributed by atoms with E-state index in [-0.39, 0.29) is 11.7 Å². The van der Waals surface area contributed by atoms with Crippen molar-refractivity contribution >= 4 is 11.6 Å². The van der Waals surface area contributed by atoms with Gasteiger partial charge in [-0.25, -0.2) is 0 Å². The van der Waals surface area contributed by atoms with E-state index in [0.29, 0.717) is 12.0 Å². The minimum Gasteiger partial charge on any atom is -0.377 e.